The molecule has 0 aliphatic carbocycles. The van der Waals surface area contributed by atoms with Gasteiger partial charge >= 0.3 is 0 Å². The van der Waals surface area contributed by atoms with Gasteiger partial charge in [-0.15, -0.1) is 11.3 Å². The largest absolute Gasteiger partial charge is 0.378 e. The van der Waals surface area contributed by atoms with Crippen LogP contribution in [0.5, 0.6) is 0 Å². The number of aromatic nitrogens is 2. The van der Waals surface area contributed by atoms with E-state index in [2.05, 4.69) is 45.8 Å². The van der Waals surface area contributed by atoms with Gasteiger partial charge in [-0.1, -0.05) is 18.8 Å². The fourth-order valence-corrected chi connectivity index (χ4v) is 4.47. The van der Waals surface area contributed by atoms with Crippen molar-refractivity contribution in [3.63, 3.8) is 0 Å². The third kappa shape index (κ3) is 4.82. The highest BCUT2D eigenvalue weighted by atomic mass is 32.1. The van der Waals surface area contributed by atoms with Crippen molar-refractivity contribution >= 4 is 27.2 Å². The van der Waals surface area contributed by atoms with E-state index in [1.165, 1.54) is 17.0 Å². The molecule has 1 aromatic carbocycles. The summed E-state index contributed by atoms with van der Waals surface area (Å²) in [6, 6.07) is 9.92. The second kappa shape index (κ2) is 8.83. The first-order valence-corrected chi connectivity index (χ1v) is 11.5. The molecule has 3 heterocycles. The molecule has 162 valence electrons. The van der Waals surface area contributed by atoms with E-state index in [0.29, 0.717) is 16.6 Å². The molecule has 1 saturated heterocycles. The van der Waals surface area contributed by atoms with E-state index in [4.69, 9.17) is 0 Å². The van der Waals surface area contributed by atoms with E-state index in [1.807, 2.05) is 25.1 Å². The zero-order valence-corrected chi connectivity index (χ0v) is 19.1. The number of fused-ring (bicyclic) bond motifs is 1. The van der Waals surface area contributed by atoms with Crippen LogP contribution in [0.4, 0.5) is 5.69 Å². The van der Waals surface area contributed by atoms with Crippen molar-refractivity contribution in [3.05, 3.63) is 51.9 Å². The van der Waals surface area contributed by atoms with Gasteiger partial charge in [-0.2, -0.15) is 0 Å². The Bertz CT molecular complexity index is 1180. The molecule has 1 unspecified atom stereocenters. The fourth-order valence-electron chi connectivity index (χ4n) is 3.57. The lowest BCUT2D eigenvalue weighted by Gasteiger charge is -2.23. The summed E-state index contributed by atoms with van der Waals surface area (Å²) in [6.07, 6.45) is 3.27. The van der Waals surface area contributed by atoms with Crippen LogP contribution in [0.2, 0.25) is 0 Å². The number of likely N-dealkylation sites (N-methyl/N-ethyl adjacent to an activating group) is 1. The lowest BCUT2D eigenvalue weighted by atomic mass is 10.1. The number of anilines is 1. The molecule has 0 spiro atoms. The molecule has 1 N–H and O–H groups in total. The summed E-state index contributed by atoms with van der Waals surface area (Å²) in [5.74, 6) is 5.85. The number of benzene rings is 1. The fraction of sp³-hybridized carbons (Fsp3) is 0.417. The predicted octanol–water partition coefficient (Wildman–Crippen LogP) is 3.10. The van der Waals surface area contributed by atoms with Crippen molar-refractivity contribution in [1.29, 1.82) is 0 Å². The summed E-state index contributed by atoms with van der Waals surface area (Å²) in [7, 11) is 2.16. The third-order valence-electron chi connectivity index (χ3n) is 5.79. The quantitative estimate of drug-likeness (QED) is 0.640. The molecule has 1 atom stereocenters. The zero-order chi connectivity index (χ0) is 22.0. The topological polar surface area (TPSA) is 61.6 Å². The van der Waals surface area contributed by atoms with Crippen LogP contribution in [0.25, 0.3) is 15.9 Å². The lowest BCUT2D eigenvalue weighted by molar-refractivity contribution is 0.118. The Hall–Kier alpha value is -2.66. The maximum Gasteiger partial charge on any atom is 0.275 e. The zero-order valence-electron chi connectivity index (χ0n) is 18.3. The van der Waals surface area contributed by atoms with Crippen molar-refractivity contribution in [1.82, 2.24) is 14.5 Å². The minimum Gasteiger partial charge on any atom is -0.378 e. The van der Waals surface area contributed by atoms with Crippen LogP contribution in [0.1, 0.15) is 31.6 Å². The van der Waals surface area contributed by atoms with Gasteiger partial charge in [0.1, 0.15) is 16.6 Å². The third-order valence-corrected chi connectivity index (χ3v) is 6.82. The standard InChI is InChI=1S/C24H28N4O2S/c1-4-24(2,30)11-10-20-16-21-22(31-20)23(29)28(17-25-21)19-8-6-18(7-9-19)27-13-5-12-26(3)14-15-27/h6-9,16-17,30H,4-5,12-15H2,1-3H3. The van der Waals surface area contributed by atoms with E-state index < -0.39 is 5.60 Å². The van der Waals surface area contributed by atoms with Gasteiger partial charge < -0.3 is 14.9 Å². The van der Waals surface area contributed by atoms with E-state index in [9.17, 15) is 9.90 Å². The summed E-state index contributed by atoms with van der Waals surface area (Å²) in [4.78, 5) is 23.0. The average Bonchev–Trinajstić information content (AvgIpc) is 3.07. The van der Waals surface area contributed by atoms with Crippen molar-refractivity contribution in [2.24, 2.45) is 0 Å². The molecule has 0 bridgehead atoms. The first-order chi connectivity index (χ1) is 14.9. The van der Waals surface area contributed by atoms with E-state index in [-0.39, 0.29) is 5.56 Å². The van der Waals surface area contributed by atoms with E-state index in [1.54, 1.807) is 17.8 Å². The van der Waals surface area contributed by atoms with Gasteiger partial charge in [-0.05, 0) is 63.7 Å². The molecule has 31 heavy (non-hydrogen) atoms. The molecule has 6 nitrogen and oxygen atoms in total. The first kappa shape index (κ1) is 21.6. The summed E-state index contributed by atoms with van der Waals surface area (Å²) < 4.78 is 2.15. The van der Waals surface area contributed by atoms with Crippen LogP contribution < -0.4 is 10.5 Å². The molecule has 0 amide bonds. The maximum absolute atomic E-state index is 13.1. The molecule has 1 aliphatic heterocycles. The molecular formula is C24H28N4O2S. The van der Waals surface area contributed by atoms with Crippen LogP contribution in [-0.4, -0.2) is 58.4 Å². The van der Waals surface area contributed by atoms with Gasteiger partial charge in [0, 0.05) is 25.3 Å². The molecule has 1 fully saturated rings. The Morgan fingerprint density at radius 2 is 1.90 bits per heavy atom. The first-order valence-electron chi connectivity index (χ1n) is 10.7. The molecule has 0 saturated carbocycles. The Morgan fingerprint density at radius 3 is 2.65 bits per heavy atom. The van der Waals surface area contributed by atoms with Crippen molar-refractivity contribution in [2.45, 2.75) is 32.3 Å². The second-order valence-electron chi connectivity index (χ2n) is 8.28. The minimum absolute atomic E-state index is 0.102. The van der Waals surface area contributed by atoms with Crippen LogP contribution in [-0.2, 0) is 0 Å². The Labute approximate surface area is 186 Å². The molecular weight excluding hydrogens is 408 g/mol. The van der Waals surface area contributed by atoms with Gasteiger partial charge in [-0.3, -0.25) is 9.36 Å². The van der Waals surface area contributed by atoms with Crippen molar-refractivity contribution < 1.29 is 5.11 Å². The Morgan fingerprint density at radius 1 is 1.16 bits per heavy atom. The van der Waals surface area contributed by atoms with Gasteiger partial charge in [0.2, 0.25) is 0 Å². The van der Waals surface area contributed by atoms with Crippen LogP contribution >= 0.6 is 11.3 Å². The summed E-state index contributed by atoms with van der Waals surface area (Å²) in [5.41, 5.74) is 1.48. The summed E-state index contributed by atoms with van der Waals surface area (Å²) in [5, 5.41) is 10.1. The van der Waals surface area contributed by atoms with Gasteiger partial charge in [0.05, 0.1) is 16.1 Å². The average molecular weight is 437 g/mol. The number of thiophene rings is 1. The van der Waals surface area contributed by atoms with Gasteiger partial charge in [-0.25, -0.2) is 4.98 Å². The molecule has 2 aromatic heterocycles. The highest BCUT2D eigenvalue weighted by Gasteiger charge is 2.15. The van der Waals surface area contributed by atoms with Crippen LogP contribution in [0, 0.1) is 11.8 Å². The van der Waals surface area contributed by atoms with Crippen molar-refractivity contribution in [2.75, 3.05) is 38.1 Å². The molecule has 3 aromatic rings. The smallest absolute Gasteiger partial charge is 0.275 e. The number of hydrogen-bond donors (Lipinski definition) is 1. The Kier molecular flexibility index (Phi) is 6.15. The number of nitrogens with zero attached hydrogens (tertiary/aromatic N) is 4. The predicted molar refractivity (Wildman–Crippen MR) is 127 cm³/mol. The summed E-state index contributed by atoms with van der Waals surface area (Å²) in [6.45, 7) is 7.80. The van der Waals surface area contributed by atoms with Crippen molar-refractivity contribution in [3.8, 4) is 17.5 Å². The minimum atomic E-state index is -1.03. The highest BCUT2D eigenvalue weighted by molar-refractivity contribution is 7.19. The van der Waals surface area contributed by atoms with Crippen LogP contribution in [0.15, 0.2) is 41.5 Å². The Balaban J connectivity index is 1.61. The van der Waals surface area contributed by atoms with Crippen LogP contribution in [0.3, 0.4) is 0 Å². The normalized spacial score (nSPS) is 17.1. The maximum atomic E-state index is 13.1. The second-order valence-corrected chi connectivity index (χ2v) is 9.33. The lowest BCUT2D eigenvalue weighted by Crippen LogP contribution is -2.28. The van der Waals surface area contributed by atoms with Gasteiger partial charge in [0.15, 0.2) is 0 Å². The summed E-state index contributed by atoms with van der Waals surface area (Å²) >= 11 is 1.32. The number of rotatable bonds is 3. The number of aliphatic hydroxyl groups is 1. The number of hydrogen-bond acceptors (Lipinski definition) is 6. The molecule has 0 radical (unpaired) electrons. The SMILES string of the molecule is CCC(C)(O)C#Cc1cc2ncn(-c3ccc(N4CCCN(C)CC4)cc3)c(=O)c2s1. The molecule has 1 aliphatic rings. The van der Waals surface area contributed by atoms with Gasteiger partial charge in [0.25, 0.3) is 5.56 Å². The van der Waals surface area contributed by atoms with E-state index >= 15 is 0 Å². The molecule has 4 rings (SSSR count). The highest BCUT2D eigenvalue weighted by Crippen LogP contribution is 2.22. The van der Waals surface area contributed by atoms with E-state index in [0.717, 1.165) is 43.2 Å². The molecule has 7 heteroatoms. The monoisotopic (exact) mass is 436 g/mol.